The third-order valence-corrected chi connectivity index (χ3v) is 4.12. The Kier molecular flexibility index (Phi) is 2.71. The van der Waals surface area contributed by atoms with Gasteiger partial charge in [0, 0.05) is 13.0 Å². The lowest BCUT2D eigenvalue weighted by atomic mass is 9.93. The highest BCUT2D eigenvalue weighted by atomic mass is 16.3. The van der Waals surface area contributed by atoms with E-state index in [1.165, 1.54) is 11.1 Å². The molecule has 0 bridgehead atoms. The van der Waals surface area contributed by atoms with Crippen molar-refractivity contribution in [3.63, 3.8) is 0 Å². The Morgan fingerprint density at radius 2 is 2.17 bits per heavy atom. The molecule has 0 radical (unpaired) electrons. The Morgan fingerprint density at radius 3 is 2.89 bits per heavy atom. The van der Waals surface area contributed by atoms with Crippen LogP contribution < -0.4 is 0 Å². The van der Waals surface area contributed by atoms with Gasteiger partial charge in [-0.1, -0.05) is 24.3 Å². The van der Waals surface area contributed by atoms with Gasteiger partial charge >= 0.3 is 0 Å². The summed E-state index contributed by atoms with van der Waals surface area (Å²) < 4.78 is 1.98. The highest BCUT2D eigenvalue weighted by Crippen LogP contribution is 2.41. The number of imidazole rings is 1. The molecule has 0 aliphatic heterocycles. The van der Waals surface area contributed by atoms with Gasteiger partial charge in [0.15, 0.2) is 0 Å². The fourth-order valence-corrected chi connectivity index (χ4v) is 2.92. The molecular formula is C15H18N2O. The van der Waals surface area contributed by atoms with Crippen molar-refractivity contribution in [2.24, 2.45) is 7.05 Å². The number of hydrogen-bond donors (Lipinski definition) is 1. The Hall–Kier alpha value is -1.61. The minimum Gasteiger partial charge on any atom is -0.386 e. The molecule has 0 saturated heterocycles. The van der Waals surface area contributed by atoms with E-state index < -0.39 is 6.10 Å². The average Bonchev–Trinajstić information content (AvgIpc) is 2.94. The largest absolute Gasteiger partial charge is 0.386 e. The first-order valence-electron chi connectivity index (χ1n) is 6.42. The van der Waals surface area contributed by atoms with Crippen LogP contribution in [0, 0.1) is 6.92 Å². The van der Waals surface area contributed by atoms with Crippen LogP contribution in [-0.4, -0.2) is 14.7 Å². The number of hydrogen-bond acceptors (Lipinski definition) is 2. The number of aryl methyl sites for hydroxylation is 2. The van der Waals surface area contributed by atoms with E-state index in [0.29, 0.717) is 0 Å². The molecular weight excluding hydrogens is 224 g/mol. The molecule has 3 heteroatoms. The fourth-order valence-electron chi connectivity index (χ4n) is 2.92. The van der Waals surface area contributed by atoms with E-state index in [9.17, 15) is 5.11 Å². The minimum absolute atomic E-state index is 0.205. The van der Waals surface area contributed by atoms with Gasteiger partial charge in [-0.05, 0) is 30.9 Å². The fraction of sp³-hybridized carbons (Fsp3) is 0.400. The van der Waals surface area contributed by atoms with Gasteiger partial charge in [-0.3, -0.25) is 0 Å². The molecule has 94 valence electrons. The molecule has 0 saturated carbocycles. The summed E-state index contributed by atoms with van der Waals surface area (Å²) in [6.45, 7) is 1.96. The lowest BCUT2D eigenvalue weighted by Crippen LogP contribution is -2.12. The number of rotatable bonds is 2. The standard InChI is InChI=1S/C15H18N2O/c1-10-16-9-14(17(10)2)15(18)13-8-7-11-5-3-4-6-12(11)13/h3-6,9,13,15,18H,7-8H2,1-2H3. The summed E-state index contributed by atoms with van der Waals surface area (Å²) in [5, 5.41) is 10.6. The van der Waals surface area contributed by atoms with Crippen molar-refractivity contribution in [1.29, 1.82) is 0 Å². The van der Waals surface area contributed by atoms with Crippen molar-refractivity contribution in [2.45, 2.75) is 31.8 Å². The molecule has 2 aromatic rings. The van der Waals surface area contributed by atoms with E-state index in [1.807, 2.05) is 18.5 Å². The third kappa shape index (κ3) is 1.66. The first-order chi connectivity index (χ1) is 8.68. The van der Waals surface area contributed by atoms with Crippen LogP contribution in [0.3, 0.4) is 0 Å². The van der Waals surface area contributed by atoms with Crippen LogP contribution in [0.15, 0.2) is 30.5 Å². The van der Waals surface area contributed by atoms with Gasteiger partial charge in [-0.15, -0.1) is 0 Å². The van der Waals surface area contributed by atoms with E-state index in [-0.39, 0.29) is 5.92 Å². The number of aliphatic hydroxyl groups excluding tert-OH is 1. The molecule has 1 N–H and O–H groups in total. The molecule has 1 aromatic heterocycles. The van der Waals surface area contributed by atoms with Crippen molar-refractivity contribution in [3.8, 4) is 0 Å². The van der Waals surface area contributed by atoms with Crippen molar-refractivity contribution in [2.75, 3.05) is 0 Å². The highest BCUT2D eigenvalue weighted by Gasteiger charge is 2.30. The molecule has 0 fully saturated rings. The summed E-state index contributed by atoms with van der Waals surface area (Å²) in [7, 11) is 1.96. The van der Waals surface area contributed by atoms with E-state index in [4.69, 9.17) is 0 Å². The second kappa shape index (κ2) is 4.25. The molecule has 2 atom stereocenters. The summed E-state index contributed by atoms with van der Waals surface area (Å²) in [6.07, 6.45) is 3.42. The molecule has 1 aliphatic rings. The van der Waals surface area contributed by atoms with E-state index in [1.54, 1.807) is 6.20 Å². The van der Waals surface area contributed by atoms with Gasteiger partial charge in [0.25, 0.3) is 0 Å². The van der Waals surface area contributed by atoms with Gasteiger partial charge < -0.3 is 9.67 Å². The van der Waals surface area contributed by atoms with Crippen LogP contribution in [0.2, 0.25) is 0 Å². The molecule has 18 heavy (non-hydrogen) atoms. The predicted octanol–water partition coefficient (Wildman–Crippen LogP) is 2.49. The average molecular weight is 242 g/mol. The second-order valence-electron chi connectivity index (χ2n) is 5.08. The van der Waals surface area contributed by atoms with Gasteiger partial charge in [-0.25, -0.2) is 4.98 Å². The monoisotopic (exact) mass is 242 g/mol. The summed E-state index contributed by atoms with van der Waals surface area (Å²) in [4.78, 5) is 4.27. The summed E-state index contributed by atoms with van der Waals surface area (Å²) in [6, 6.07) is 8.43. The van der Waals surface area contributed by atoms with Gasteiger partial charge in [0.05, 0.1) is 11.9 Å². The van der Waals surface area contributed by atoms with Crippen LogP contribution in [0.5, 0.6) is 0 Å². The SMILES string of the molecule is Cc1ncc(C(O)C2CCc3ccccc32)n1C. The first-order valence-corrected chi connectivity index (χ1v) is 6.42. The summed E-state index contributed by atoms with van der Waals surface area (Å²) in [5.41, 5.74) is 3.58. The van der Waals surface area contributed by atoms with Crippen molar-refractivity contribution >= 4 is 0 Å². The van der Waals surface area contributed by atoms with Crippen LogP contribution in [0.4, 0.5) is 0 Å². The van der Waals surface area contributed by atoms with Crippen LogP contribution in [0.25, 0.3) is 0 Å². The zero-order chi connectivity index (χ0) is 12.7. The summed E-state index contributed by atoms with van der Waals surface area (Å²) in [5.74, 6) is 1.14. The molecule has 1 heterocycles. The number of benzene rings is 1. The van der Waals surface area contributed by atoms with Crippen LogP contribution in [0.1, 0.15) is 41.1 Å². The first kappa shape index (κ1) is 11.5. The van der Waals surface area contributed by atoms with Crippen molar-refractivity contribution < 1.29 is 5.11 Å². The molecule has 2 unspecified atom stereocenters. The van der Waals surface area contributed by atoms with Gasteiger partial charge in [-0.2, -0.15) is 0 Å². The molecule has 1 aromatic carbocycles. The van der Waals surface area contributed by atoms with E-state index >= 15 is 0 Å². The van der Waals surface area contributed by atoms with E-state index in [0.717, 1.165) is 24.4 Å². The molecule has 0 spiro atoms. The number of aromatic nitrogens is 2. The topological polar surface area (TPSA) is 38.1 Å². The van der Waals surface area contributed by atoms with Gasteiger partial charge in [0.1, 0.15) is 11.9 Å². The second-order valence-corrected chi connectivity index (χ2v) is 5.08. The summed E-state index contributed by atoms with van der Waals surface area (Å²) >= 11 is 0. The number of fused-ring (bicyclic) bond motifs is 1. The zero-order valence-corrected chi connectivity index (χ0v) is 10.8. The Bertz CT molecular complexity index is 574. The smallest absolute Gasteiger partial charge is 0.105 e. The highest BCUT2D eigenvalue weighted by molar-refractivity contribution is 5.36. The zero-order valence-electron chi connectivity index (χ0n) is 10.8. The van der Waals surface area contributed by atoms with Gasteiger partial charge in [0.2, 0.25) is 0 Å². The molecule has 3 nitrogen and oxygen atoms in total. The lowest BCUT2D eigenvalue weighted by molar-refractivity contribution is 0.137. The van der Waals surface area contributed by atoms with Crippen LogP contribution >= 0.6 is 0 Å². The van der Waals surface area contributed by atoms with Crippen molar-refractivity contribution in [3.05, 3.63) is 53.1 Å². The number of aliphatic hydroxyl groups is 1. The Labute approximate surface area is 107 Å². The van der Waals surface area contributed by atoms with E-state index in [2.05, 4.69) is 29.2 Å². The number of nitrogens with zero attached hydrogens (tertiary/aromatic N) is 2. The quantitative estimate of drug-likeness (QED) is 0.878. The van der Waals surface area contributed by atoms with Crippen molar-refractivity contribution in [1.82, 2.24) is 9.55 Å². The van der Waals surface area contributed by atoms with Crippen LogP contribution in [-0.2, 0) is 13.5 Å². The maximum absolute atomic E-state index is 10.6. The predicted molar refractivity (Wildman–Crippen MR) is 70.4 cm³/mol. The normalized spacial score (nSPS) is 19.8. The maximum atomic E-state index is 10.6. The molecule has 1 aliphatic carbocycles. The minimum atomic E-state index is -0.458. The Morgan fingerprint density at radius 1 is 1.39 bits per heavy atom. The Balaban J connectivity index is 1.95. The third-order valence-electron chi connectivity index (χ3n) is 4.12. The molecule has 3 rings (SSSR count). The molecule has 0 amide bonds. The maximum Gasteiger partial charge on any atom is 0.105 e. The lowest BCUT2D eigenvalue weighted by Gasteiger charge is -2.19.